The van der Waals surface area contributed by atoms with Crippen LogP contribution in [0, 0.1) is 29.0 Å². The molecule has 9 nitrogen and oxygen atoms in total. The average Bonchev–Trinajstić information content (AvgIpc) is 3.39. The Bertz CT molecular complexity index is 1540. The van der Waals surface area contributed by atoms with Crippen LogP contribution in [-0.4, -0.2) is 57.6 Å². The van der Waals surface area contributed by atoms with Crippen molar-refractivity contribution in [1.82, 2.24) is 15.4 Å². The summed E-state index contributed by atoms with van der Waals surface area (Å²) >= 11 is 0. The Morgan fingerprint density at radius 3 is 2.32 bits per heavy atom. The minimum Gasteiger partial charge on any atom is -0.404 e. The van der Waals surface area contributed by atoms with Crippen molar-refractivity contribution in [2.75, 3.05) is 6.54 Å². The second-order valence-corrected chi connectivity index (χ2v) is 16.5. The molecule has 2 aromatic carbocycles. The van der Waals surface area contributed by atoms with Gasteiger partial charge in [0, 0.05) is 12.1 Å². The highest BCUT2D eigenvalue weighted by Gasteiger charge is 2.68. The molecule has 256 valence electrons. The number of hydrogen-bond acceptors (Lipinski definition) is 6. The molecule has 2 bridgehead atoms. The zero-order chi connectivity index (χ0) is 34.1. The Kier molecular flexibility index (Phi) is 10.6. The molecule has 6 atom stereocenters. The van der Waals surface area contributed by atoms with Gasteiger partial charge in [-0.25, -0.2) is 17.5 Å². The van der Waals surface area contributed by atoms with Crippen molar-refractivity contribution in [3.05, 3.63) is 65.5 Å². The Balaban J connectivity index is 1.34. The van der Waals surface area contributed by atoms with Crippen molar-refractivity contribution in [3.63, 3.8) is 0 Å². The number of sulfonamides is 1. The van der Waals surface area contributed by atoms with E-state index in [2.05, 4.69) is 43.1 Å². The van der Waals surface area contributed by atoms with Crippen molar-refractivity contribution in [1.29, 1.82) is 0 Å². The lowest BCUT2D eigenvalue weighted by Crippen LogP contribution is -2.65. The highest BCUT2D eigenvalue weighted by atomic mass is 32.2. The number of nitrogens with one attached hydrogen (secondary N) is 3. The Morgan fingerprint density at radius 2 is 1.70 bits per heavy atom. The lowest BCUT2D eigenvalue weighted by atomic mass is 9.43. The number of benzene rings is 2. The Labute approximate surface area is 279 Å². The summed E-state index contributed by atoms with van der Waals surface area (Å²) in [5.41, 5.74) is 1.15. The van der Waals surface area contributed by atoms with E-state index in [-0.39, 0.29) is 22.3 Å². The molecular weight excluding hydrogens is 620 g/mol. The second-order valence-electron chi connectivity index (χ2n) is 14.7. The fourth-order valence-corrected chi connectivity index (χ4v) is 8.69. The standard InChI is InChI=1S/C35H49BFN3O6S/c1-7-8-9-23-10-12-24(13-11-23)32(41)39-28(21-38-47(43,44)27-16-14-26(37)15-17-27)33(42)40-31(18-22(2)3)36-45-30-20-25-19-29(34(25,4)5)35(30,6)46-36/h10-17,22,25,28-31,38H,7-9,18-21H2,1-6H3,(H,39,41)(H,40,42)/t25-,28+,29-,30-,31+,35+/m1/s1. The van der Waals surface area contributed by atoms with Gasteiger partial charge >= 0.3 is 7.12 Å². The first-order valence-corrected chi connectivity index (χ1v) is 18.4. The number of rotatable bonds is 14. The van der Waals surface area contributed by atoms with E-state index in [9.17, 15) is 22.4 Å². The molecule has 4 fully saturated rings. The molecule has 1 heterocycles. The van der Waals surface area contributed by atoms with Crippen LogP contribution >= 0.6 is 0 Å². The quantitative estimate of drug-likeness (QED) is 0.242. The van der Waals surface area contributed by atoms with E-state index < -0.39 is 58.9 Å². The monoisotopic (exact) mass is 669 g/mol. The Hall–Kier alpha value is -2.80. The highest BCUT2D eigenvalue weighted by Crippen LogP contribution is 2.65. The van der Waals surface area contributed by atoms with E-state index in [1.54, 1.807) is 12.1 Å². The minimum atomic E-state index is -4.12. The number of aryl methyl sites for hydroxylation is 1. The zero-order valence-electron chi connectivity index (χ0n) is 28.3. The van der Waals surface area contributed by atoms with Gasteiger partial charge in [0.05, 0.1) is 22.5 Å². The first kappa shape index (κ1) is 35.5. The Morgan fingerprint density at radius 1 is 1.02 bits per heavy atom. The summed E-state index contributed by atoms with van der Waals surface area (Å²) in [5.74, 6) is -1.08. The molecule has 0 spiro atoms. The molecule has 47 heavy (non-hydrogen) atoms. The van der Waals surface area contributed by atoms with Gasteiger partial charge in [0.15, 0.2) is 0 Å². The van der Waals surface area contributed by atoms with Gasteiger partial charge < -0.3 is 19.9 Å². The molecular formula is C35H49BFN3O6S. The summed E-state index contributed by atoms with van der Waals surface area (Å²) in [7, 11) is -4.80. The van der Waals surface area contributed by atoms with E-state index >= 15 is 0 Å². The molecule has 3 saturated carbocycles. The van der Waals surface area contributed by atoms with Gasteiger partial charge in [-0.3, -0.25) is 9.59 Å². The van der Waals surface area contributed by atoms with E-state index in [1.807, 2.05) is 26.0 Å². The lowest BCUT2D eigenvalue weighted by Gasteiger charge is -2.64. The third kappa shape index (κ3) is 7.61. The van der Waals surface area contributed by atoms with Crippen LogP contribution in [0.2, 0.25) is 0 Å². The third-order valence-electron chi connectivity index (χ3n) is 10.6. The summed E-state index contributed by atoms with van der Waals surface area (Å²) in [6.07, 6.45) is 5.47. The number of hydrogen-bond donors (Lipinski definition) is 3. The lowest BCUT2D eigenvalue weighted by molar-refractivity contribution is -0.199. The molecule has 2 aromatic rings. The first-order valence-electron chi connectivity index (χ1n) is 16.9. The molecule has 0 unspecified atom stereocenters. The van der Waals surface area contributed by atoms with Gasteiger partial charge in [-0.05, 0) is 104 Å². The largest absolute Gasteiger partial charge is 0.481 e. The van der Waals surface area contributed by atoms with Gasteiger partial charge in [-0.2, -0.15) is 0 Å². The fraction of sp³-hybridized carbons (Fsp3) is 0.600. The average molecular weight is 670 g/mol. The number of amides is 2. The highest BCUT2D eigenvalue weighted by molar-refractivity contribution is 7.89. The van der Waals surface area contributed by atoms with Crippen LogP contribution in [0.25, 0.3) is 0 Å². The topological polar surface area (TPSA) is 123 Å². The molecule has 2 amide bonds. The molecule has 1 aliphatic heterocycles. The predicted molar refractivity (Wildman–Crippen MR) is 179 cm³/mol. The number of carbonyl (C=O) groups excluding carboxylic acids is 2. The van der Waals surface area contributed by atoms with Crippen molar-refractivity contribution in [2.24, 2.45) is 23.2 Å². The van der Waals surface area contributed by atoms with Crippen LogP contribution in [0.4, 0.5) is 4.39 Å². The number of unbranched alkanes of at least 4 members (excludes halogenated alkanes) is 1. The second kappa shape index (κ2) is 14.0. The summed E-state index contributed by atoms with van der Waals surface area (Å²) < 4.78 is 55.2. The summed E-state index contributed by atoms with van der Waals surface area (Å²) in [6.45, 7) is 12.5. The van der Waals surface area contributed by atoms with Gasteiger partial charge in [-0.15, -0.1) is 0 Å². The molecule has 6 rings (SSSR count). The maximum Gasteiger partial charge on any atom is 0.481 e. The van der Waals surface area contributed by atoms with E-state index in [0.717, 1.165) is 61.9 Å². The maximum absolute atomic E-state index is 14.0. The molecule has 0 radical (unpaired) electrons. The van der Waals surface area contributed by atoms with Gasteiger partial charge in [-0.1, -0.05) is 53.2 Å². The van der Waals surface area contributed by atoms with Crippen LogP contribution in [-0.2, 0) is 30.5 Å². The molecule has 3 aliphatic carbocycles. The van der Waals surface area contributed by atoms with Gasteiger partial charge in [0.2, 0.25) is 15.9 Å². The van der Waals surface area contributed by atoms with Gasteiger partial charge in [0.1, 0.15) is 11.9 Å². The van der Waals surface area contributed by atoms with Crippen LogP contribution < -0.4 is 15.4 Å². The maximum atomic E-state index is 14.0. The van der Waals surface area contributed by atoms with Crippen LogP contribution in [0.3, 0.4) is 0 Å². The third-order valence-corrected chi connectivity index (χ3v) is 12.0. The van der Waals surface area contributed by atoms with Crippen molar-refractivity contribution in [3.8, 4) is 0 Å². The predicted octanol–water partition coefficient (Wildman–Crippen LogP) is 5.04. The van der Waals surface area contributed by atoms with Crippen molar-refractivity contribution < 1.29 is 31.7 Å². The van der Waals surface area contributed by atoms with E-state index in [0.29, 0.717) is 23.8 Å². The molecule has 1 saturated heterocycles. The summed E-state index contributed by atoms with van der Waals surface area (Å²) in [5, 5.41) is 5.79. The smallest absolute Gasteiger partial charge is 0.404 e. The van der Waals surface area contributed by atoms with Gasteiger partial charge in [0.25, 0.3) is 5.91 Å². The first-order chi connectivity index (χ1) is 22.1. The normalized spacial score (nSPS) is 25.9. The van der Waals surface area contributed by atoms with E-state index in [4.69, 9.17) is 9.31 Å². The number of halogens is 1. The molecule has 4 aliphatic rings. The van der Waals surface area contributed by atoms with Crippen LogP contribution in [0.15, 0.2) is 53.4 Å². The van der Waals surface area contributed by atoms with Crippen LogP contribution in [0.5, 0.6) is 0 Å². The minimum absolute atomic E-state index is 0.0749. The zero-order valence-corrected chi connectivity index (χ0v) is 29.2. The molecule has 12 heteroatoms. The van der Waals surface area contributed by atoms with Crippen molar-refractivity contribution in [2.45, 2.75) is 109 Å². The van der Waals surface area contributed by atoms with Crippen LogP contribution in [0.1, 0.15) is 89.6 Å². The van der Waals surface area contributed by atoms with Crippen molar-refractivity contribution >= 4 is 29.0 Å². The molecule has 3 N–H and O–H groups in total. The number of carbonyl (C=O) groups is 2. The molecule has 0 aromatic heterocycles. The SMILES string of the molecule is CCCCc1ccc(C(=O)N[C@@H](CNS(=O)(=O)c2ccc(F)cc2)C(=O)N[C@@H](CC(C)C)B2O[C@@H]3C[C@H]4C[C@H](C4(C)C)[C@]3(C)O2)cc1. The summed E-state index contributed by atoms with van der Waals surface area (Å²) in [6, 6.07) is 10.3. The van der Waals surface area contributed by atoms with E-state index in [1.165, 1.54) is 0 Å². The summed E-state index contributed by atoms with van der Waals surface area (Å²) in [4.78, 5) is 27.2. The fourth-order valence-electron chi connectivity index (χ4n) is 7.65.